The molecule has 2 unspecified atom stereocenters. The van der Waals surface area contributed by atoms with E-state index in [9.17, 15) is 9.59 Å². The highest BCUT2D eigenvalue weighted by Crippen LogP contribution is 2.34. The Labute approximate surface area is 140 Å². The second-order valence-electron chi connectivity index (χ2n) is 6.10. The topological polar surface area (TPSA) is 75.3 Å². The molecular formula is C18H21N3O3. The Morgan fingerprint density at radius 1 is 1.38 bits per heavy atom. The molecule has 2 heterocycles. The number of nitrogens with zero attached hydrogens (tertiary/aromatic N) is 2. The molecule has 1 saturated heterocycles. The molecule has 1 aromatic carbocycles. The maximum absolute atomic E-state index is 12.5. The van der Waals surface area contributed by atoms with Crippen LogP contribution in [-0.2, 0) is 4.74 Å². The van der Waals surface area contributed by atoms with Crippen LogP contribution in [0.15, 0.2) is 47.5 Å². The predicted octanol–water partition coefficient (Wildman–Crippen LogP) is 2.01. The Morgan fingerprint density at radius 2 is 2.17 bits per heavy atom. The quantitative estimate of drug-likeness (QED) is 0.932. The lowest BCUT2D eigenvalue weighted by atomic mass is 9.89. The molecule has 1 N–H and O–H groups in total. The van der Waals surface area contributed by atoms with E-state index >= 15 is 0 Å². The normalized spacial score (nSPS) is 20.5. The van der Waals surface area contributed by atoms with E-state index in [0.29, 0.717) is 6.54 Å². The van der Waals surface area contributed by atoms with Crippen molar-refractivity contribution >= 4 is 5.91 Å². The SMILES string of the molecule is CN(CC1CCCOC1c1ccccc1)C(=O)c1c[nH]ncc1=O. The van der Waals surface area contributed by atoms with Crippen LogP contribution in [0, 0.1) is 5.92 Å². The minimum atomic E-state index is -0.370. The fraction of sp³-hybridized carbons (Fsp3) is 0.389. The van der Waals surface area contributed by atoms with Crippen LogP contribution < -0.4 is 5.43 Å². The first kappa shape index (κ1) is 16.4. The molecule has 0 spiro atoms. The second-order valence-corrected chi connectivity index (χ2v) is 6.10. The first-order valence-corrected chi connectivity index (χ1v) is 8.12. The molecule has 0 saturated carbocycles. The number of carbonyl (C=O) groups excluding carboxylic acids is 1. The second kappa shape index (κ2) is 7.40. The molecule has 126 valence electrons. The predicted molar refractivity (Wildman–Crippen MR) is 89.7 cm³/mol. The molecule has 1 aromatic heterocycles. The molecule has 6 heteroatoms. The van der Waals surface area contributed by atoms with Gasteiger partial charge in [0, 0.05) is 32.3 Å². The third-order valence-corrected chi connectivity index (χ3v) is 4.39. The largest absolute Gasteiger partial charge is 0.373 e. The van der Waals surface area contributed by atoms with E-state index in [1.54, 1.807) is 11.9 Å². The summed E-state index contributed by atoms with van der Waals surface area (Å²) in [6, 6.07) is 10.1. The van der Waals surface area contributed by atoms with Gasteiger partial charge in [0.2, 0.25) is 5.43 Å². The summed E-state index contributed by atoms with van der Waals surface area (Å²) in [6.45, 7) is 1.28. The standard InChI is InChI=1S/C18H21N3O3/c1-21(18(23)15-10-19-20-11-16(15)22)12-14-8-5-9-24-17(14)13-6-3-2-4-7-13/h2-4,6-7,10-11,14,17H,5,8-9,12H2,1H3,(H,19,22). The number of amides is 1. The summed E-state index contributed by atoms with van der Waals surface area (Å²) < 4.78 is 5.97. The molecule has 6 nitrogen and oxygen atoms in total. The Kier molecular flexibility index (Phi) is 5.05. The van der Waals surface area contributed by atoms with Crippen molar-refractivity contribution in [2.45, 2.75) is 18.9 Å². The number of aromatic nitrogens is 2. The Morgan fingerprint density at radius 3 is 2.92 bits per heavy atom. The van der Waals surface area contributed by atoms with Crippen LogP contribution >= 0.6 is 0 Å². The summed E-state index contributed by atoms with van der Waals surface area (Å²) in [5.41, 5.74) is 0.871. The average molecular weight is 327 g/mol. The zero-order valence-corrected chi connectivity index (χ0v) is 13.6. The molecule has 1 fully saturated rings. The maximum Gasteiger partial charge on any atom is 0.259 e. The van der Waals surface area contributed by atoms with Gasteiger partial charge in [0.05, 0.1) is 12.3 Å². The van der Waals surface area contributed by atoms with Gasteiger partial charge in [-0.05, 0) is 18.4 Å². The van der Waals surface area contributed by atoms with E-state index in [2.05, 4.69) is 22.3 Å². The number of carbonyl (C=O) groups is 1. The summed E-state index contributed by atoms with van der Waals surface area (Å²) in [6.07, 6.45) is 4.42. The van der Waals surface area contributed by atoms with Gasteiger partial charge in [-0.3, -0.25) is 14.7 Å². The summed E-state index contributed by atoms with van der Waals surface area (Å²) in [5.74, 6) is -0.0907. The van der Waals surface area contributed by atoms with Gasteiger partial charge in [-0.15, -0.1) is 0 Å². The lowest BCUT2D eigenvalue weighted by molar-refractivity contribution is -0.0352. The molecular weight excluding hydrogens is 306 g/mol. The van der Waals surface area contributed by atoms with E-state index in [1.165, 1.54) is 6.20 Å². The average Bonchev–Trinajstić information content (AvgIpc) is 2.63. The van der Waals surface area contributed by atoms with Gasteiger partial charge in [-0.25, -0.2) is 0 Å². The van der Waals surface area contributed by atoms with E-state index in [4.69, 9.17) is 4.74 Å². The number of aromatic amines is 1. The van der Waals surface area contributed by atoms with Crippen LogP contribution in [0.4, 0.5) is 0 Å². The zero-order valence-electron chi connectivity index (χ0n) is 13.6. The molecule has 0 aliphatic carbocycles. The van der Waals surface area contributed by atoms with Crippen molar-refractivity contribution in [2.75, 3.05) is 20.2 Å². The number of benzene rings is 1. The van der Waals surface area contributed by atoms with Crippen LogP contribution in [0.3, 0.4) is 0 Å². The number of hydrogen-bond acceptors (Lipinski definition) is 4. The van der Waals surface area contributed by atoms with E-state index in [-0.39, 0.29) is 28.9 Å². The third-order valence-electron chi connectivity index (χ3n) is 4.39. The first-order chi connectivity index (χ1) is 11.7. The van der Waals surface area contributed by atoms with E-state index in [0.717, 1.165) is 31.2 Å². The van der Waals surface area contributed by atoms with Gasteiger partial charge >= 0.3 is 0 Å². The first-order valence-electron chi connectivity index (χ1n) is 8.12. The monoisotopic (exact) mass is 327 g/mol. The molecule has 0 radical (unpaired) electrons. The molecule has 1 aliphatic heterocycles. The van der Waals surface area contributed by atoms with Crippen molar-refractivity contribution in [1.82, 2.24) is 15.1 Å². The van der Waals surface area contributed by atoms with Crippen LogP contribution in [0.5, 0.6) is 0 Å². The fourth-order valence-corrected chi connectivity index (χ4v) is 3.19. The fourth-order valence-electron chi connectivity index (χ4n) is 3.19. The number of nitrogens with one attached hydrogen (secondary N) is 1. The summed E-state index contributed by atoms with van der Waals surface area (Å²) in [4.78, 5) is 25.9. The van der Waals surface area contributed by atoms with Crippen molar-refractivity contribution in [3.8, 4) is 0 Å². The van der Waals surface area contributed by atoms with Gasteiger partial charge in [0.1, 0.15) is 5.56 Å². The number of hydrogen-bond donors (Lipinski definition) is 1. The van der Waals surface area contributed by atoms with Crippen molar-refractivity contribution in [1.29, 1.82) is 0 Å². The Hall–Kier alpha value is -2.47. The van der Waals surface area contributed by atoms with Crippen molar-refractivity contribution in [2.24, 2.45) is 5.92 Å². The molecule has 1 amide bonds. The van der Waals surface area contributed by atoms with Crippen molar-refractivity contribution in [3.63, 3.8) is 0 Å². The number of H-pyrrole nitrogens is 1. The minimum absolute atomic E-state index is 0.0223. The van der Waals surface area contributed by atoms with E-state index < -0.39 is 0 Å². The zero-order chi connectivity index (χ0) is 16.9. The van der Waals surface area contributed by atoms with Crippen LogP contribution in [-0.4, -0.2) is 41.2 Å². The Bertz CT molecular complexity index is 744. The number of rotatable bonds is 4. The maximum atomic E-state index is 12.5. The van der Waals surface area contributed by atoms with Gasteiger partial charge in [0.25, 0.3) is 5.91 Å². The highest BCUT2D eigenvalue weighted by Gasteiger charge is 2.30. The lowest BCUT2D eigenvalue weighted by Crippen LogP contribution is -2.38. The van der Waals surface area contributed by atoms with E-state index in [1.807, 2.05) is 18.2 Å². The molecule has 24 heavy (non-hydrogen) atoms. The Balaban J connectivity index is 1.74. The third kappa shape index (κ3) is 3.54. The smallest absolute Gasteiger partial charge is 0.259 e. The van der Waals surface area contributed by atoms with Gasteiger partial charge < -0.3 is 9.64 Å². The van der Waals surface area contributed by atoms with Gasteiger partial charge in [0.15, 0.2) is 0 Å². The summed E-state index contributed by atoms with van der Waals surface area (Å²) >= 11 is 0. The van der Waals surface area contributed by atoms with Crippen LogP contribution in [0.2, 0.25) is 0 Å². The number of ether oxygens (including phenoxy) is 1. The molecule has 2 aromatic rings. The molecule has 3 rings (SSSR count). The van der Waals surface area contributed by atoms with Crippen molar-refractivity contribution < 1.29 is 9.53 Å². The molecule has 2 atom stereocenters. The van der Waals surface area contributed by atoms with Gasteiger partial charge in [-0.1, -0.05) is 30.3 Å². The van der Waals surface area contributed by atoms with Crippen LogP contribution in [0.25, 0.3) is 0 Å². The lowest BCUT2D eigenvalue weighted by Gasteiger charge is -2.34. The summed E-state index contributed by atoms with van der Waals surface area (Å²) in [7, 11) is 1.72. The summed E-state index contributed by atoms with van der Waals surface area (Å²) in [5, 5.41) is 6.18. The van der Waals surface area contributed by atoms with Crippen molar-refractivity contribution in [3.05, 3.63) is 64.1 Å². The van der Waals surface area contributed by atoms with Crippen LogP contribution in [0.1, 0.15) is 34.9 Å². The minimum Gasteiger partial charge on any atom is -0.373 e. The highest BCUT2D eigenvalue weighted by molar-refractivity contribution is 5.93. The highest BCUT2D eigenvalue weighted by atomic mass is 16.5. The van der Waals surface area contributed by atoms with Gasteiger partial charge in [-0.2, -0.15) is 5.10 Å². The molecule has 0 bridgehead atoms. The molecule has 1 aliphatic rings.